The minimum absolute atomic E-state index is 0.108. The van der Waals surface area contributed by atoms with Crippen LogP contribution < -0.4 is 0 Å². The van der Waals surface area contributed by atoms with Crippen LogP contribution in [0.1, 0.15) is 47.4 Å². The van der Waals surface area contributed by atoms with E-state index in [0.29, 0.717) is 0 Å². The molecule has 2 aromatic rings. The number of methoxy groups -OCH3 is 1. The molecule has 0 bridgehead atoms. The first kappa shape index (κ1) is 19.2. The van der Waals surface area contributed by atoms with Crippen LogP contribution in [-0.2, 0) is 9.47 Å². The Balaban J connectivity index is 1.42. The van der Waals surface area contributed by atoms with E-state index in [2.05, 4.69) is 30.5 Å². The van der Waals surface area contributed by atoms with E-state index >= 15 is 0 Å². The molecular weight excluding hydrogens is 352 g/mol. The molecule has 5 heteroatoms. The number of hydrogen-bond acceptors (Lipinski definition) is 3. The van der Waals surface area contributed by atoms with Crippen LogP contribution in [0.5, 0.6) is 0 Å². The largest absolute Gasteiger partial charge is 0.381 e. The molecule has 3 heterocycles. The lowest BCUT2D eigenvalue weighted by atomic mass is 9.83. The summed E-state index contributed by atoms with van der Waals surface area (Å²) in [6, 6.07) is 12.2. The molecule has 150 valence electrons. The molecule has 1 amide bonds. The van der Waals surface area contributed by atoms with E-state index in [0.717, 1.165) is 56.6 Å². The average molecular weight is 383 g/mol. The molecule has 5 nitrogen and oxygen atoms in total. The Morgan fingerprint density at radius 2 is 1.71 bits per heavy atom. The van der Waals surface area contributed by atoms with Gasteiger partial charge in [-0.15, -0.1) is 0 Å². The molecular formula is C23H30N2O3. The molecule has 1 aromatic heterocycles. The molecule has 0 N–H and O–H groups in total. The normalized spacial score (nSPS) is 21.8. The molecule has 1 spiro atoms. The molecule has 1 atom stereocenters. The summed E-state index contributed by atoms with van der Waals surface area (Å²) >= 11 is 0. The Labute approximate surface area is 167 Å². The minimum Gasteiger partial charge on any atom is -0.381 e. The zero-order chi connectivity index (χ0) is 19.7. The maximum absolute atomic E-state index is 13.0. The molecule has 2 fully saturated rings. The number of likely N-dealkylation sites (tertiary alicyclic amines) is 1. The highest BCUT2D eigenvalue weighted by atomic mass is 16.5. The van der Waals surface area contributed by atoms with E-state index in [4.69, 9.17) is 9.47 Å². The van der Waals surface area contributed by atoms with Gasteiger partial charge in [-0.05, 0) is 69.5 Å². The van der Waals surface area contributed by atoms with Crippen molar-refractivity contribution in [3.8, 4) is 5.69 Å². The van der Waals surface area contributed by atoms with E-state index in [-0.39, 0.29) is 17.6 Å². The molecule has 0 radical (unpaired) electrons. The summed E-state index contributed by atoms with van der Waals surface area (Å²) in [4.78, 5) is 14.9. The summed E-state index contributed by atoms with van der Waals surface area (Å²) in [5.41, 5.74) is 4.12. The number of rotatable bonds is 3. The predicted molar refractivity (Wildman–Crippen MR) is 109 cm³/mol. The van der Waals surface area contributed by atoms with Crippen molar-refractivity contribution in [2.45, 2.75) is 51.2 Å². The molecule has 2 saturated heterocycles. The number of nitrogens with zero attached hydrogens (tertiary/aromatic N) is 2. The van der Waals surface area contributed by atoms with Crippen LogP contribution in [-0.4, -0.2) is 53.9 Å². The standard InChI is InChI=1S/C23H30N2O3/c1-17-4-5-18(2)25(17)20-8-6-19(7-9-20)22(26)24-13-11-23(12-14-24)16-21(27-3)10-15-28-23/h4-9,21H,10-16H2,1-3H3. The highest BCUT2D eigenvalue weighted by molar-refractivity contribution is 5.94. The molecule has 0 aliphatic carbocycles. The summed E-state index contributed by atoms with van der Waals surface area (Å²) in [5, 5.41) is 0. The zero-order valence-corrected chi connectivity index (χ0v) is 17.1. The second-order valence-electron chi connectivity index (χ2n) is 8.17. The first-order chi connectivity index (χ1) is 13.5. The van der Waals surface area contributed by atoms with Gasteiger partial charge in [0.25, 0.3) is 5.91 Å². The van der Waals surface area contributed by atoms with Crippen LogP contribution in [0.4, 0.5) is 0 Å². The number of amides is 1. The number of piperidine rings is 1. The molecule has 28 heavy (non-hydrogen) atoms. The van der Waals surface area contributed by atoms with Crippen molar-refractivity contribution < 1.29 is 14.3 Å². The van der Waals surface area contributed by atoms with Crippen molar-refractivity contribution in [3.63, 3.8) is 0 Å². The third kappa shape index (κ3) is 3.61. The van der Waals surface area contributed by atoms with Gasteiger partial charge in [0.1, 0.15) is 0 Å². The summed E-state index contributed by atoms with van der Waals surface area (Å²) in [5.74, 6) is 0.112. The third-order valence-corrected chi connectivity index (χ3v) is 6.39. The van der Waals surface area contributed by atoms with Crippen LogP contribution in [0.15, 0.2) is 36.4 Å². The maximum Gasteiger partial charge on any atom is 0.253 e. The van der Waals surface area contributed by atoms with Gasteiger partial charge in [-0.2, -0.15) is 0 Å². The minimum atomic E-state index is -0.108. The van der Waals surface area contributed by atoms with Crippen molar-refractivity contribution in [3.05, 3.63) is 53.3 Å². The van der Waals surface area contributed by atoms with Gasteiger partial charge in [0.2, 0.25) is 0 Å². The van der Waals surface area contributed by atoms with Gasteiger partial charge in [0.05, 0.1) is 11.7 Å². The summed E-state index contributed by atoms with van der Waals surface area (Å²) in [6.45, 7) is 6.43. The van der Waals surface area contributed by atoms with E-state index < -0.39 is 0 Å². The fourth-order valence-corrected chi connectivity index (χ4v) is 4.66. The Morgan fingerprint density at radius 3 is 2.32 bits per heavy atom. The first-order valence-corrected chi connectivity index (χ1v) is 10.2. The second-order valence-corrected chi connectivity index (χ2v) is 8.17. The Hall–Kier alpha value is -2.11. The SMILES string of the molecule is COC1CCOC2(CCN(C(=O)c3ccc(-n4c(C)ccc4C)cc3)CC2)C1. The smallest absolute Gasteiger partial charge is 0.253 e. The Bertz CT molecular complexity index is 813. The first-order valence-electron chi connectivity index (χ1n) is 10.2. The molecule has 1 aromatic carbocycles. The fourth-order valence-electron chi connectivity index (χ4n) is 4.66. The van der Waals surface area contributed by atoms with E-state index in [1.54, 1.807) is 7.11 Å². The van der Waals surface area contributed by atoms with Gasteiger partial charge in [-0.3, -0.25) is 4.79 Å². The zero-order valence-electron chi connectivity index (χ0n) is 17.1. The summed E-state index contributed by atoms with van der Waals surface area (Å²) < 4.78 is 13.9. The lowest BCUT2D eigenvalue weighted by Gasteiger charge is -2.45. The highest BCUT2D eigenvalue weighted by Crippen LogP contribution is 2.36. The van der Waals surface area contributed by atoms with Crippen molar-refractivity contribution >= 4 is 5.91 Å². The molecule has 1 unspecified atom stereocenters. The molecule has 2 aliphatic rings. The topological polar surface area (TPSA) is 43.7 Å². The van der Waals surface area contributed by atoms with Crippen LogP contribution in [0.25, 0.3) is 5.69 Å². The number of carbonyl (C=O) groups excluding carboxylic acids is 1. The van der Waals surface area contributed by atoms with Gasteiger partial charge >= 0.3 is 0 Å². The maximum atomic E-state index is 13.0. The predicted octanol–water partition coefficient (Wildman–Crippen LogP) is 3.89. The summed E-state index contributed by atoms with van der Waals surface area (Å²) in [6.07, 6.45) is 3.96. The number of aromatic nitrogens is 1. The monoisotopic (exact) mass is 382 g/mol. The van der Waals surface area contributed by atoms with Crippen LogP contribution >= 0.6 is 0 Å². The lowest BCUT2D eigenvalue weighted by Crippen LogP contribution is -2.51. The molecule has 2 aliphatic heterocycles. The number of ether oxygens (including phenoxy) is 2. The van der Waals surface area contributed by atoms with Gasteiger partial charge in [0, 0.05) is 55.9 Å². The van der Waals surface area contributed by atoms with Gasteiger partial charge < -0.3 is 18.9 Å². The molecule has 4 rings (SSSR count). The van der Waals surface area contributed by atoms with E-state index in [1.165, 1.54) is 11.4 Å². The van der Waals surface area contributed by atoms with E-state index in [9.17, 15) is 4.79 Å². The van der Waals surface area contributed by atoms with Crippen molar-refractivity contribution in [1.82, 2.24) is 9.47 Å². The molecule has 0 saturated carbocycles. The van der Waals surface area contributed by atoms with Crippen LogP contribution in [0.2, 0.25) is 0 Å². The van der Waals surface area contributed by atoms with E-state index in [1.807, 2.05) is 29.2 Å². The van der Waals surface area contributed by atoms with Gasteiger partial charge in [0.15, 0.2) is 0 Å². The number of hydrogen-bond donors (Lipinski definition) is 0. The van der Waals surface area contributed by atoms with Gasteiger partial charge in [-0.25, -0.2) is 0 Å². The van der Waals surface area contributed by atoms with Gasteiger partial charge in [-0.1, -0.05) is 0 Å². The Kier molecular flexibility index (Phi) is 5.30. The van der Waals surface area contributed by atoms with Crippen LogP contribution in [0.3, 0.4) is 0 Å². The number of carbonyl (C=O) groups is 1. The fraction of sp³-hybridized carbons (Fsp3) is 0.522. The second kappa shape index (κ2) is 7.72. The number of benzene rings is 1. The summed E-state index contributed by atoms with van der Waals surface area (Å²) in [7, 11) is 1.78. The van der Waals surface area contributed by atoms with Crippen LogP contribution in [0, 0.1) is 13.8 Å². The quantitative estimate of drug-likeness (QED) is 0.809. The van der Waals surface area contributed by atoms with Crippen molar-refractivity contribution in [2.75, 3.05) is 26.8 Å². The van der Waals surface area contributed by atoms with Crippen molar-refractivity contribution in [2.24, 2.45) is 0 Å². The number of aryl methyl sites for hydroxylation is 2. The Morgan fingerprint density at radius 1 is 1.07 bits per heavy atom. The highest BCUT2D eigenvalue weighted by Gasteiger charge is 2.41. The third-order valence-electron chi connectivity index (χ3n) is 6.39. The average Bonchev–Trinajstić information content (AvgIpc) is 3.06. The van der Waals surface area contributed by atoms with Crippen molar-refractivity contribution in [1.29, 1.82) is 0 Å². The lowest BCUT2D eigenvalue weighted by molar-refractivity contribution is -0.146.